The molecule has 156 valence electrons. The molecule has 1 aromatic carbocycles. The number of aromatic nitrogens is 1. The van der Waals surface area contributed by atoms with Crippen LogP contribution in [0.2, 0.25) is 0 Å². The Labute approximate surface area is 171 Å². The van der Waals surface area contributed by atoms with Crippen LogP contribution in [0.4, 0.5) is 0 Å². The Morgan fingerprint density at radius 1 is 0.857 bits per heavy atom. The highest BCUT2D eigenvalue weighted by molar-refractivity contribution is 5.83. The van der Waals surface area contributed by atoms with Crippen LogP contribution in [0.3, 0.4) is 0 Å². The molecule has 0 fully saturated rings. The molecule has 0 aliphatic rings. The zero-order valence-corrected chi connectivity index (χ0v) is 17.9. The molecule has 3 heteroatoms. The summed E-state index contributed by atoms with van der Waals surface area (Å²) < 4.78 is 0. The van der Waals surface area contributed by atoms with Crippen molar-refractivity contribution in [2.24, 2.45) is 0 Å². The Hall–Kier alpha value is -1.77. The number of hydrogen-bond acceptors (Lipinski definition) is 1. The van der Waals surface area contributed by atoms with Crippen molar-refractivity contribution in [3.05, 3.63) is 36.0 Å². The predicted molar refractivity (Wildman–Crippen MR) is 121 cm³/mol. The Morgan fingerprint density at radius 3 is 2.14 bits per heavy atom. The third-order valence-corrected chi connectivity index (χ3v) is 5.65. The van der Waals surface area contributed by atoms with Crippen molar-refractivity contribution in [3.8, 4) is 0 Å². The zero-order valence-electron chi connectivity index (χ0n) is 17.9. The molecule has 0 saturated heterocycles. The van der Waals surface area contributed by atoms with Crippen LogP contribution < -0.4 is 5.32 Å². The lowest BCUT2D eigenvalue weighted by atomic mass is 10.0. The number of amides is 1. The first-order valence-corrected chi connectivity index (χ1v) is 11.6. The fourth-order valence-corrected chi connectivity index (χ4v) is 3.89. The lowest BCUT2D eigenvalue weighted by molar-refractivity contribution is -0.121. The van der Waals surface area contributed by atoms with E-state index in [2.05, 4.69) is 41.6 Å². The fraction of sp³-hybridized carbons (Fsp3) is 0.640. The molecule has 28 heavy (non-hydrogen) atoms. The molecule has 1 heterocycles. The van der Waals surface area contributed by atoms with Crippen molar-refractivity contribution < 1.29 is 4.79 Å². The number of nitrogens with one attached hydrogen (secondary N) is 2. The van der Waals surface area contributed by atoms with Crippen LogP contribution in [-0.2, 0) is 11.2 Å². The minimum absolute atomic E-state index is 0.201. The second-order valence-electron chi connectivity index (χ2n) is 8.10. The quantitative estimate of drug-likeness (QED) is 0.303. The number of H-pyrrole nitrogens is 1. The van der Waals surface area contributed by atoms with E-state index in [0.29, 0.717) is 6.42 Å². The number of rotatable bonds is 16. The number of unbranched alkanes of at least 4 members (excludes halogenated alkanes) is 11. The van der Waals surface area contributed by atoms with Crippen molar-refractivity contribution in [2.75, 3.05) is 6.54 Å². The van der Waals surface area contributed by atoms with Crippen LogP contribution in [-0.4, -0.2) is 17.4 Å². The smallest absolute Gasteiger partial charge is 0.220 e. The van der Waals surface area contributed by atoms with Gasteiger partial charge in [-0.05, 0) is 24.5 Å². The third-order valence-electron chi connectivity index (χ3n) is 5.65. The Balaban J connectivity index is 1.40. The Morgan fingerprint density at radius 2 is 1.46 bits per heavy atom. The van der Waals surface area contributed by atoms with Crippen molar-refractivity contribution in [3.63, 3.8) is 0 Å². The van der Waals surface area contributed by atoms with E-state index in [1.54, 1.807) is 0 Å². The predicted octanol–water partition coefficient (Wildman–Crippen LogP) is 6.92. The highest BCUT2D eigenvalue weighted by atomic mass is 16.1. The van der Waals surface area contributed by atoms with E-state index in [0.717, 1.165) is 19.4 Å². The highest BCUT2D eigenvalue weighted by Gasteiger charge is 2.04. The normalized spacial score (nSPS) is 11.2. The summed E-state index contributed by atoms with van der Waals surface area (Å²) in [6.45, 7) is 2.99. The van der Waals surface area contributed by atoms with E-state index in [9.17, 15) is 4.79 Å². The molecule has 1 amide bonds. The van der Waals surface area contributed by atoms with Crippen LogP contribution in [0, 0.1) is 0 Å². The first-order valence-electron chi connectivity index (χ1n) is 11.6. The summed E-state index contributed by atoms with van der Waals surface area (Å²) in [7, 11) is 0. The molecular weight excluding hydrogens is 344 g/mol. The summed E-state index contributed by atoms with van der Waals surface area (Å²) in [5, 5.41) is 4.33. The van der Waals surface area contributed by atoms with E-state index < -0.39 is 0 Å². The summed E-state index contributed by atoms with van der Waals surface area (Å²) in [4.78, 5) is 15.3. The van der Waals surface area contributed by atoms with Crippen molar-refractivity contribution >= 4 is 16.8 Å². The maximum atomic E-state index is 12.0. The van der Waals surface area contributed by atoms with Gasteiger partial charge in [0, 0.05) is 30.1 Å². The van der Waals surface area contributed by atoms with Gasteiger partial charge in [0.15, 0.2) is 0 Å². The van der Waals surface area contributed by atoms with Crippen LogP contribution in [0.1, 0.15) is 96.0 Å². The van der Waals surface area contributed by atoms with E-state index in [4.69, 9.17) is 0 Å². The number of carbonyl (C=O) groups excluding carboxylic acids is 1. The molecule has 1 aromatic heterocycles. The van der Waals surface area contributed by atoms with E-state index >= 15 is 0 Å². The standard InChI is InChI=1S/C25H40N2O/c1-2-3-4-5-6-7-8-9-10-11-12-13-18-25(28)26-20-19-22-21-27-24-17-15-14-16-23(22)24/h14-17,21,27H,2-13,18-20H2,1H3,(H,26,28). The number of hydrogen-bond donors (Lipinski definition) is 2. The van der Waals surface area contributed by atoms with Gasteiger partial charge < -0.3 is 10.3 Å². The number of fused-ring (bicyclic) bond motifs is 1. The minimum atomic E-state index is 0.201. The minimum Gasteiger partial charge on any atom is -0.361 e. The number of aromatic amines is 1. The molecule has 2 aromatic rings. The Bertz CT molecular complexity index is 661. The zero-order chi connectivity index (χ0) is 19.9. The molecule has 2 rings (SSSR count). The molecule has 2 N–H and O–H groups in total. The first-order chi connectivity index (χ1) is 13.8. The lowest BCUT2D eigenvalue weighted by Gasteiger charge is -2.05. The van der Waals surface area contributed by atoms with Gasteiger partial charge in [0.2, 0.25) is 5.91 Å². The summed E-state index contributed by atoms with van der Waals surface area (Å²) in [5.74, 6) is 0.201. The van der Waals surface area contributed by atoms with Gasteiger partial charge in [-0.3, -0.25) is 4.79 Å². The topological polar surface area (TPSA) is 44.9 Å². The molecule has 0 saturated carbocycles. The lowest BCUT2D eigenvalue weighted by Crippen LogP contribution is -2.25. The maximum Gasteiger partial charge on any atom is 0.220 e. The number of benzene rings is 1. The van der Waals surface area contributed by atoms with Gasteiger partial charge in [-0.15, -0.1) is 0 Å². The van der Waals surface area contributed by atoms with Gasteiger partial charge in [-0.1, -0.05) is 95.8 Å². The average molecular weight is 385 g/mol. The van der Waals surface area contributed by atoms with E-state index in [1.807, 2.05) is 6.07 Å². The number of para-hydroxylation sites is 1. The largest absolute Gasteiger partial charge is 0.361 e. The van der Waals surface area contributed by atoms with Crippen LogP contribution in [0.5, 0.6) is 0 Å². The van der Waals surface area contributed by atoms with Gasteiger partial charge in [0.1, 0.15) is 0 Å². The van der Waals surface area contributed by atoms with Gasteiger partial charge in [0.05, 0.1) is 0 Å². The van der Waals surface area contributed by atoms with Gasteiger partial charge in [0.25, 0.3) is 0 Å². The van der Waals surface area contributed by atoms with Crippen LogP contribution in [0.15, 0.2) is 30.5 Å². The second-order valence-corrected chi connectivity index (χ2v) is 8.10. The van der Waals surface area contributed by atoms with Crippen molar-refractivity contribution in [1.29, 1.82) is 0 Å². The molecule has 0 bridgehead atoms. The SMILES string of the molecule is CCCCCCCCCCCCCCC(=O)NCCc1c[nH]c2ccccc12. The van der Waals surface area contributed by atoms with Crippen LogP contribution in [0.25, 0.3) is 10.9 Å². The average Bonchev–Trinajstić information content (AvgIpc) is 3.12. The Kier molecular flexibility index (Phi) is 11.5. The molecule has 0 aliphatic heterocycles. The molecule has 0 atom stereocenters. The van der Waals surface area contributed by atoms with Gasteiger partial charge in [-0.25, -0.2) is 0 Å². The molecule has 0 radical (unpaired) electrons. The summed E-state index contributed by atoms with van der Waals surface area (Å²) in [6.07, 6.45) is 19.6. The van der Waals surface area contributed by atoms with Crippen molar-refractivity contribution in [1.82, 2.24) is 10.3 Å². The molecule has 0 aliphatic carbocycles. The summed E-state index contributed by atoms with van der Waals surface area (Å²) >= 11 is 0. The second kappa shape index (κ2) is 14.3. The molecule has 0 unspecified atom stereocenters. The van der Waals surface area contributed by atoms with E-state index in [-0.39, 0.29) is 5.91 Å². The molecular formula is C25H40N2O. The third kappa shape index (κ3) is 8.95. The monoisotopic (exact) mass is 384 g/mol. The van der Waals surface area contributed by atoms with Crippen molar-refractivity contribution in [2.45, 2.75) is 96.8 Å². The maximum absolute atomic E-state index is 12.0. The number of carbonyl (C=O) groups is 1. The highest BCUT2D eigenvalue weighted by Crippen LogP contribution is 2.17. The summed E-state index contributed by atoms with van der Waals surface area (Å²) in [5.41, 5.74) is 2.45. The first kappa shape index (κ1) is 22.5. The fourth-order valence-electron chi connectivity index (χ4n) is 3.89. The van der Waals surface area contributed by atoms with E-state index in [1.165, 1.54) is 87.1 Å². The van der Waals surface area contributed by atoms with Gasteiger partial charge in [-0.2, -0.15) is 0 Å². The molecule has 3 nitrogen and oxygen atoms in total. The van der Waals surface area contributed by atoms with Crippen LogP contribution >= 0.6 is 0 Å². The van der Waals surface area contributed by atoms with Gasteiger partial charge >= 0.3 is 0 Å². The summed E-state index contributed by atoms with van der Waals surface area (Å²) in [6, 6.07) is 8.32. The molecule has 0 spiro atoms.